The highest BCUT2D eigenvalue weighted by molar-refractivity contribution is 5.79. The lowest BCUT2D eigenvalue weighted by molar-refractivity contribution is -0.129. The number of carbonyl (C=O) groups excluding carboxylic acids is 1. The Morgan fingerprint density at radius 1 is 0.935 bits per heavy atom. The van der Waals surface area contributed by atoms with Gasteiger partial charge in [-0.2, -0.15) is 5.10 Å². The van der Waals surface area contributed by atoms with Gasteiger partial charge >= 0.3 is 0 Å². The monoisotopic (exact) mass is 411 g/mol. The summed E-state index contributed by atoms with van der Waals surface area (Å²) in [5.41, 5.74) is 4.86. The van der Waals surface area contributed by atoms with Crippen LogP contribution in [0.5, 0.6) is 5.75 Å². The van der Waals surface area contributed by atoms with E-state index in [9.17, 15) is 4.79 Å². The molecule has 5 heteroatoms. The molecule has 31 heavy (non-hydrogen) atoms. The Kier molecular flexibility index (Phi) is 6.13. The zero-order valence-electron chi connectivity index (χ0n) is 17.7. The summed E-state index contributed by atoms with van der Waals surface area (Å²) in [6.45, 7) is 0.478. The highest BCUT2D eigenvalue weighted by Crippen LogP contribution is 2.25. The molecule has 1 amide bonds. The molecule has 0 fully saturated rings. The minimum Gasteiger partial charge on any atom is -0.497 e. The van der Waals surface area contributed by atoms with Gasteiger partial charge in [0.2, 0.25) is 5.91 Å². The molecule has 1 heterocycles. The number of nitrogens with zero attached hydrogens (tertiary/aromatic N) is 3. The summed E-state index contributed by atoms with van der Waals surface area (Å²) < 4.78 is 7.06. The van der Waals surface area contributed by atoms with Gasteiger partial charge in [0, 0.05) is 30.9 Å². The Bertz CT molecular complexity index is 1140. The zero-order chi connectivity index (χ0) is 21.6. The van der Waals surface area contributed by atoms with Gasteiger partial charge in [0.25, 0.3) is 0 Å². The molecule has 0 N–H and O–H groups in total. The summed E-state index contributed by atoms with van der Waals surface area (Å²) in [4.78, 5) is 14.6. The normalized spacial score (nSPS) is 10.6. The van der Waals surface area contributed by atoms with Crippen LogP contribution in [0.25, 0.3) is 16.9 Å². The first-order valence-electron chi connectivity index (χ1n) is 10.2. The van der Waals surface area contributed by atoms with E-state index in [4.69, 9.17) is 9.84 Å². The van der Waals surface area contributed by atoms with Crippen LogP contribution in [-0.2, 0) is 17.8 Å². The van der Waals surface area contributed by atoms with Crippen molar-refractivity contribution in [2.75, 3.05) is 14.2 Å². The number of para-hydroxylation sites is 1. The van der Waals surface area contributed by atoms with Gasteiger partial charge in [0.1, 0.15) is 5.75 Å². The van der Waals surface area contributed by atoms with Gasteiger partial charge in [0.05, 0.1) is 24.9 Å². The number of amides is 1. The molecule has 0 radical (unpaired) electrons. The van der Waals surface area contributed by atoms with Crippen molar-refractivity contribution < 1.29 is 9.53 Å². The largest absolute Gasteiger partial charge is 0.497 e. The van der Waals surface area contributed by atoms with Crippen LogP contribution < -0.4 is 4.74 Å². The SMILES string of the molecule is COc1ccc(CC(=O)N(C)Cc2cn(-c3ccccc3)nc2-c2ccccc2)cc1. The molecule has 0 unspecified atom stereocenters. The van der Waals surface area contributed by atoms with Crippen molar-refractivity contribution in [2.24, 2.45) is 0 Å². The van der Waals surface area contributed by atoms with Crippen LogP contribution in [0, 0.1) is 0 Å². The second kappa shape index (κ2) is 9.30. The van der Waals surface area contributed by atoms with E-state index >= 15 is 0 Å². The molecule has 0 spiro atoms. The number of aromatic nitrogens is 2. The summed E-state index contributed by atoms with van der Waals surface area (Å²) in [5, 5.41) is 4.83. The number of benzene rings is 3. The average molecular weight is 412 g/mol. The predicted octanol–water partition coefficient (Wildman–Crippen LogP) is 4.75. The number of carbonyl (C=O) groups is 1. The van der Waals surface area contributed by atoms with Crippen molar-refractivity contribution in [2.45, 2.75) is 13.0 Å². The van der Waals surface area contributed by atoms with Crippen molar-refractivity contribution >= 4 is 5.91 Å². The summed E-state index contributed by atoms with van der Waals surface area (Å²) >= 11 is 0. The second-order valence-corrected chi connectivity index (χ2v) is 7.42. The maximum Gasteiger partial charge on any atom is 0.227 e. The molecule has 0 aliphatic heterocycles. The Balaban J connectivity index is 1.57. The molecule has 1 aromatic heterocycles. The maximum atomic E-state index is 12.9. The summed E-state index contributed by atoms with van der Waals surface area (Å²) in [7, 11) is 3.47. The first-order valence-corrected chi connectivity index (χ1v) is 10.2. The van der Waals surface area contributed by atoms with E-state index in [1.807, 2.05) is 103 Å². The number of likely N-dealkylation sites (N-methyl/N-ethyl adjacent to an activating group) is 1. The van der Waals surface area contributed by atoms with Gasteiger partial charge < -0.3 is 9.64 Å². The summed E-state index contributed by atoms with van der Waals surface area (Å²) in [5.74, 6) is 0.835. The third-order valence-corrected chi connectivity index (χ3v) is 5.21. The van der Waals surface area contributed by atoms with Crippen molar-refractivity contribution in [3.05, 3.63) is 102 Å². The zero-order valence-corrected chi connectivity index (χ0v) is 17.7. The van der Waals surface area contributed by atoms with Crippen LogP contribution >= 0.6 is 0 Å². The van der Waals surface area contributed by atoms with Crippen LogP contribution in [0.3, 0.4) is 0 Å². The number of methoxy groups -OCH3 is 1. The van der Waals surface area contributed by atoms with Gasteiger partial charge in [0.15, 0.2) is 0 Å². The predicted molar refractivity (Wildman–Crippen MR) is 122 cm³/mol. The van der Waals surface area contributed by atoms with Crippen molar-refractivity contribution in [3.63, 3.8) is 0 Å². The molecule has 156 valence electrons. The van der Waals surface area contributed by atoms with E-state index in [0.29, 0.717) is 13.0 Å². The molecule has 0 aliphatic rings. The van der Waals surface area contributed by atoms with Crippen LogP contribution in [-0.4, -0.2) is 34.7 Å². The minimum absolute atomic E-state index is 0.0524. The standard InChI is InChI=1S/C26H25N3O2/c1-28(25(30)17-20-13-15-24(31-2)16-14-20)18-22-19-29(23-11-7-4-8-12-23)27-26(22)21-9-5-3-6-10-21/h3-16,19H,17-18H2,1-2H3. The quantitative estimate of drug-likeness (QED) is 0.441. The molecule has 4 aromatic rings. The first-order chi connectivity index (χ1) is 15.1. The number of hydrogen-bond acceptors (Lipinski definition) is 3. The molecule has 4 rings (SSSR count). The number of ether oxygens (including phenoxy) is 1. The molecular weight excluding hydrogens is 386 g/mol. The third kappa shape index (κ3) is 4.83. The lowest BCUT2D eigenvalue weighted by Gasteiger charge is -2.17. The molecule has 0 saturated heterocycles. The van der Waals surface area contributed by atoms with Crippen molar-refractivity contribution in [1.29, 1.82) is 0 Å². The lowest BCUT2D eigenvalue weighted by Crippen LogP contribution is -2.27. The smallest absolute Gasteiger partial charge is 0.227 e. The van der Waals surface area contributed by atoms with Gasteiger partial charge in [-0.05, 0) is 29.8 Å². The maximum absolute atomic E-state index is 12.9. The lowest BCUT2D eigenvalue weighted by atomic mass is 10.1. The van der Waals surface area contributed by atoms with Crippen molar-refractivity contribution in [1.82, 2.24) is 14.7 Å². The third-order valence-electron chi connectivity index (χ3n) is 5.21. The Labute approximate surface area is 182 Å². The van der Waals surface area contributed by atoms with Crippen molar-refractivity contribution in [3.8, 4) is 22.7 Å². The average Bonchev–Trinajstić information content (AvgIpc) is 3.24. The van der Waals surface area contributed by atoms with Gasteiger partial charge in [-0.25, -0.2) is 4.68 Å². The van der Waals surface area contributed by atoms with E-state index in [2.05, 4.69) is 0 Å². The van der Waals surface area contributed by atoms with E-state index in [-0.39, 0.29) is 5.91 Å². The highest BCUT2D eigenvalue weighted by atomic mass is 16.5. The summed E-state index contributed by atoms with van der Waals surface area (Å²) in [6, 6.07) is 27.7. The van der Waals surface area contributed by atoms with Gasteiger partial charge in [-0.3, -0.25) is 4.79 Å². The highest BCUT2D eigenvalue weighted by Gasteiger charge is 2.17. The fourth-order valence-electron chi connectivity index (χ4n) is 3.47. The van der Waals surface area contributed by atoms with Crippen LogP contribution in [0.2, 0.25) is 0 Å². The Morgan fingerprint density at radius 2 is 1.58 bits per heavy atom. The fraction of sp³-hybridized carbons (Fsp3) is 0.154. The van der Waals surface area contributed by atoms with Crippen LogP contribution in [0.1, 0.15) is 11.1 Å². The van der Waals surface area contributed by atoms with E-state index in [1.54, 1.807) is 12.0 Å². The fourth-order valence-corrected chi connectivity index (χ4v) is 3.47. The van der Waals surface area contributed by atoms with E-state index < -0.39 is 0 Å². The molecule has 3 aromatic carbocycles. The first kappa shape index (κ1) is 20.4. The van der Waals surface area contributed by atoms with Crippen LogP contribution in [0.4, 0.5) is 0 Å². The Hall–Kier alpha value is -3.86. The molecule has 0 aliphatic carbocycles. The van der Waals surface area contributed by atoms with Crippen LogP contribution in [0.15, 0.2) is 91.1 Å². The summed E-state index contributed by atoms with van der Waals surface area (Å²) in [6.07, 6.45) is 2.35. The minimum atomic E-state index is 0.0524. The molecule has 0 bridgehead atoms. The van der Waals surface area contributed by atoms with E-state index in [1.165, 1.54) is 0 Å². The number of rotatable bonds is 7. The topological polar surface area (TPSA) is 47.4 Å². The second-order valence-electron chi connectivity index (χ2n) is 7.42. The molecular formula is C26H25N3O2. The van der Waals surface area contributed by atoms with Gasteiger partial charge in [-0.1, -0.05) is 60.7 Å². The molecule has 5 nitrogen and oxygen atoms in total. The van der Waals surface area contributed by atoms with E-state index in [0.717, 1.165) is 33.8 Å². The Morgan fingerprint density at radius 3 is 2.23 bits per heavy atom. The molecule has 0 saturated carbocycles. The molecule has 0 atom stereocenters. The van der Waals surface area contributed by atoms with Gasteiger partial charge in [-0.15, -0.1) is 0 Å². The number of hydrogen-bond donors (Lipinski definition) is 0.